The molecule has 0 unspecified atom stereocenters. The maximum atomic E-state index is 9.14. The third-order valence-corrected chi connectivity index (χ3v) is 9.26. The van der Waals surface area contributed by atoms with Crippen molar-refractivity contribution in [3.05, 3.63) is 180 Å². The number of benzene rings is 8. The number of furan rings is 1. The van der Waals surface area contributed by atoms with Crippen molar-refractivity contribution >= 4 is 72.1 Å². The van der Waals surface area contributed by atoms with Crippen LogP contribution in [0.5, 0.6) is 0 Å². The number of para-hydroxylation sites is 2. The average Bonchev–Trinajstić information content (AvgIpc) is 3.55. The lowest BCUT2D eigenvalue weighted by molar-refractivity contribution is 0.668. The molecule has 0 saturated carbocycles. The Morgan fingerprint density at radius 1 is 0.510 bits per heavy atom. The third-order valence-electron chi connectivity index (χ3n) is 9.26. The molecule has 4 heteroatoms. The van der Waals surface area contributed by atoms with E-state index in [4.69, 9.17) is 19.8 Å². The van der Waals surface area contributed by atoms with E-state index < -0.39 is 0 Å². The molecule has 1 aromatic heterocycles. The Hall–Kier alpha value is -6.65. The van der Waals surface area contributed by atoms with Gasteiger partial charge in [-0.05, 0) is 61.6 Å². The quantitative estimate of drug-likeness (QED) is 0.0897. The molecule has 0 fully saturated rings. The number of hydrogen-bond donors (Lipinski definition) is 1. The third kappa shape index (κ3) is 5.07. The van der Waals surface area contributed by atoms with E-state index >= 15 is 0 Å². The molecule has 0 amide bonds. The zero-order valence-corrected chi connectivity index (χ0v) is 26.5. The second kappa shape index (κ2) is 11.9. The van der Waals surface area contributed by atoms with E-state index in [1.54, 1.807) is 0 Å². The molecule has 230 valence electrons. The smallest absolute Gasteiger partial charge is 0.165 e. The van der Waals surface area contributed by atoms with Gasteiger partial charge in [0.1, 0.15) is 11.2 Å². The van der Waals surface area contributed by atoms with Crippen molar-refractivity contribution in [2.45, 2.75) is 0 Å². The first-order chi connectivity index (χ1) is 24.2. The highest BCUT2D eigenvalue weighted by atomic mass is 16.3. The molecule has 0 atom stereocenters. The molecule has 0 saturated heterocycles. The Morgan fingerprint density at radius 2 is 1.18 bits per heavy atom. The van der Waals surface area contributed by atoms with Gasteiger partial charge in [0.25, 0.3) is 0 Å². The van der Waals surface area contributed by atoms with Crippen LogP contribution in [0.15, 0.2) is 178 Å². The Bertz CT molecular complexity index is 2770. The lowest BCUT2D eigenvalue weighted by atomic mass is 9.94. The van der Waals surface area contributed by atoms with Crippen LogP contribution in [0.25, 0.3) is 65.4 Å². The van der Waals surface area contributed by atoms with Gasteiger partial charge in [0.15, 0.2) is 11.7 Å². The fourth-order valence-corrected chi connectivity index (χ4v) is 6.82. The number of hydrogen-bond acceptors (Lipinski definition) is 2. The summed E-state index contributed by atoms with van der Waals surface area (Å²) in [5, 5.41) is 18.1. The summed E-state index contributed by atoms with van der Waals surface area (Å²) in [6, 6.07) is 55.8. The van der Waals surface area contributed by atoms with E-state index in [2.05, 4.69) is 91.0 Å². The minimum Gasteiger partial charge on any atom is -0.455 e. The van der Waals surface area contributed by atoms with E-state index in [0.717, 1.165) is 54.8 Å². The van der Waals surface area contributed by atoms with Crippen molar-refractivity contribution in [3.63, 3.8) is 0 Å². The van der Waals surface area contributed by atoms with Gasteiger partial charge in [-0.3, -0.25) is 5.41 Å². The topological polar surface area (TPSA) is 61.7 Å². The van der Waals surface area contributed by atoms with Crippen molar-refractivity contribution in [1.29, 1.82) is 5.41 Å². The summed E-state index contributed by atoms with van der Waals surface area (Å²) in [5.74, 6) is 0.525. The number of rotatable bonds is 4. The molecule has 0 aliphatic heterocycles. The molecule has 8 aromatic carbocycles. The molecule has 0 radical (unpaired) electrons. The van der Waals surface area contributed by atoms with E-state index in [0.29, 0.717) is 17.0 Å². The van der Waals surface area contributed by atoms with Crippen molar-refractivity contribution < 1.29 is 4.42 Å². The highest BCUT2D eigenvalue weighted by Gasteiger charge is 2.16. The van der Waals surface area contributed by atoms with E-state index in [1.807, 2.05) is 79.0 Å². The fraction of sp³-hybridized carbons (Fsp3) is 0. The van der Waals surface area contributed by atoms with E-state index in [1.165, 1.54) is 16.2 Å². The normalized spacial score (nSPS) is 12.2. The van der Waals surface area contributed by atoms with Crippen molar-refractivity contribution in [3.8, 4) is 11.1 Å². The van der Waals surface area contributed by atoms with Gasteiger partial charge in [-0.15, -0.1) is 0 Å². The molecule has 0 spiro atoms. The van der Waals surface area contributed by atoms with E-state index in [-0.39, 0.29) is 5.84 Å². The fourth-order valence-electron chi connectivity index (χ4n) is 6.82. The first-order valence-corrected chi connectivity index (χ1v) is 16.3. The van der Waals surface area contributed by atoms with Crippen LogP contribution >= 0.6 is 0 Å². The monoisotopic (exact) mass is 627 g/mol. The van der Waals surface area contributed by atoms with Crippen LogP contribution in [0.2, 0.25) is 0 Å². The number of nitrogens with one attached hydrogen (secondary N) is 1. The van der Waals surface area contributed by atoms with Crippen LogP contribution in [0.1, 0.15) is 16.7 Å². The molecule has 4 nitrogen and oxygen atoms in total. The molecule has 0 aliphatic carbocycles. The van der Waals surface area contributed by atoms with Gasteiger partial charge in [-0.25, -0.2) is 9.98 Å². The summed E-state index contributed by atoms with van der Waals surface area (Å²) < 4.78 is 6.43. The second-order valence-corrected chi connectivity index (χ2v) is 12.2. The summed E-state index contributed by atoms with van der Waals surface area (Å²) in [5.41, 5.74) is 6.13. The van der Waals surface area contributed by atoms with Gasteiger partial charge in [0, 0.05) is 28.1 Å². The average molecular weight is 628 g/mol. The summed E-state index contributed by atoms with van der Waals surface area (Å²) in [6.45, 7) is 0. The van der Waals surface area contributed by atoms with Crippen LogP contribution in [-0.4, -0.2) is 17.9 Å². The predicted octanol–water partition coefficient (Wildman–Crippen LogP) is 11.6. The van der Waals surface area contributed by atoms with Crippen LogP contribution < -0.4 is 0 Å². The minimum absolute atomic E-state index is 0.119. The zero-order valence-electron chi connectivity index (χ0n) is 26.5. The van der Waals surface area contributed by atoms with Gasteiger partial charge in [-0.2, -0.15) is 0 Å². The summed E-state index contributed by atoms with van der Waals surface area (Å²) in [6.07, 6.45) is 1.91. The molecule has 0 aliphatic rings. The zero-order chi connectivity index (χ0) is 32.7. The van der Waals surface area contributed by atoms with Gasteiger partial charge >= 0.3 is 0 Å². The lowest BCUT2D eigenvalue weighted by Crippen LogP contribution is -2.05. The van der Waals surface area contributed by atoms with Gasteiger partial charge < -0.3 is 4.42 Å². The molecule has 49 heavy (non-hydrogen) atoms. The number of fused-ring (bicyclic) bond motifs is 7. The Kier molecular flexibility index (Phi) is 6.91. The molecule has 0 bridgehead atoms. The molecular formula is C45H29N3O. The van der Waals surface area contributed by atoms with Crippen LogP contribution in [0.4, 0.5) is 0 Å². The van der Waals surface area contributed by atoms with Gasteiger partial charge in [0.05, 0.1) is 5.56 Å². The van der Waals surface area contributed by atoms with Crippen LogP contribution in [0.3, 0.4) is 0 Å². The molecular weight excluding hydrogens is 599 g/mol. The largest absolute Gasteiger partial charge is 0.455 e. The first-order valence-electron chi connectivity index (χ1n) is 16.3. The predicted molar refractivity (Wildman–Crippen MR) is 206 cm³/mol. The van der Waals surface area contributed by atoms with Gasteiger partial charge in [0.2, 0.25) is 0 Å². The maximum Gasteiger partial charge on any atom is 0.165 e. The SMILES string of the molecule is N=C(N=C(N=Cc1c2ccccc2cc2c1ccc1ccccc12)c1cccc2c1oc1ccccc12)c1ccc(-c2ccccc2)cc1. The molecule has 1 heterocycles. The molecule has 9 rings (SSSR count). The van der Waals surface area contributed by atoms with Crippen LogP contribution in [-0.2, 0) is 0 Å². The minimum atomic E-state index is 0.119. The van der Waals surface area contributed by atoms with Crippen molar-refractivity contribution in [2.24, 2.45) is 9.98 Å². The van der Waals surface area contributed by atoms with Crippen molar-refractivity contribution in [2.75, 3.05) is 0 Å². The number of amidine groups is 2. The summed E-state index contributed by atoms with van der Waals surface area (Å²) in [7, 11) is 0. The van der Waals surface area contributed by atoms with E-state index in [9.17, 15) is 0 Å². The number of nitrogens with zero attached hydrogens (tertiary/aromatic N) is 2. The summed E-state index contributed by atoms with van der Waals surface area (Å²) >= 11 is 0. The van der Waals surface area contributed by atoms with Crippen molar-refractivity contribution in [1.82, 2.24) is 0 Å². The first kappa shape index (κ1) is 28.6. The highest BCUT2D eigenvalue weighted by Crippen LogP contribution is 2.34. The summed E-state index contributed by atoms with van der Waals surface area (Å²) in [4.78, 5) is 10.0. The highest BCUT2D eigenvalue weighted by molar-refractivity contribution is 6.24. The van der Waals surface area contributed by atoms with Gasteiger partial charge in [-0.1, -0.05) is 146 Å². The second-order valence-electron chi connectivity index (χ2n) is 12.2. The maximum absolute atomic E-state index is 9.14. The Morgan fingerprint density at radius 3 is 2.02 bits per heavy atom. The molecule has 1 N–H and O–H groups in total. The van der Waals surface area contributed by atoms with Crippen LogP contribution in [0, 0.1) is 5.41 Å². The standard InChI is InChI=1S/C45H29N3O/c46-44(32-23-21-30(22-24-32)29-11-2-1-3-12-29)48-45(39-19-10-18-38-37-17-8-9-20-42(37)49-43(38)39)47-28-41-35-16-7-5-14-33(35)27-40-34-15-6-4-13-31(34)25-26-36(40)41/h1-28,46H. The molecule has 9 aromatic rings. The number of aliphatic imine (C=N–C) groups is 2. The Labute approximate surface area is 282 Å². The Balaban J connectivity index is 1.23. The lowest BCUT2D eigenvalue weighted by Gasteiger charge is -2.11.